The van der Waals surface area contributed by atoms with Crippen LogP contribution in [0.2, 0.25) is 0 Å². The van der Waals surface area contributed by atoms with E-state index in [2.05, 4.69) is 0 Å². The van der Waals surface area contributed by atoms with Gasteiger partial charge in [-0.2, -0.15) is 0 Å². The first-order valence-corrected chi connectivity index (χ1v) is 5.82. The zero-order valence-electron chi connectivity index (χ0n) is 11.2. The molecule has 106 valence electrons. The highest BCUT2D eigenvalue weighted by Crippen LogP contribution is 2.25. The third-order valence-electron chi connectivity index (χ3n) is 2.76. The van der Waals surface area contributed by atoms with Gasteiger partial charge in [0.2, 0.25) is 5.91 Å². The van der Waals surface area contributed by atoms with Crippen molar-refractivity contribution in [2.75, 3.05) is 0 Å². The van der Waals surface area contributed by atoms with E-state index in [1.807, 2.05) is 0 Å². The number of carbonyl (C=O) groups excluding carboxylic acids is 1. The molecule has 0 heterocycles. The van der Waals surface area contributed by atoms with Crippen molar-refractivity contribution >= 4 is 17.6 Å². The van der Waals surface area contributed by atoms with Crippen LogP contribution < -0.4 is 5.73 Å². The summed E-state index contributed by atoms with van der Waals surface area (Å²) < 4.78 is 0. The van der Waals surface area contributed by atoms with Crippen LogP contribution in [0.1, 0.15) is 34.5 Å². The molecule has 0 saturated heterocycles. The average molecular weight is 276 g/mol. The van der Waals surface area contributed by atoms with Crippen molar-refractivity contribution in [3.63, 3.8) is 0 Å². The fraction of sp³-hybridized carbons (Fsp3) is 0.214. The number of amides is 1. The van der Waals surface area contributed by atoms with Crippen LogP contribution in [0.3, 0.4) is 0 Å². The number of nitrogens with two attached hydrogens (primary N) is 1. The molecule has 20 heavy (non-hydrogen) atoms. The molecule has 0 aliphatic heterocycles. The second-order valence-electron chi connectivity index (χ2n) is 4.43. The van der Waals surface area contributed by atoms with Crippen LogP contribution in [-0.2, 0) is 4.79 Å². The van der Waals surface area contributed by atoms with Gasteiger partial charge in [0.15, 0.2) is 0 Å². The third-order valence-corrected chi connectivity index (χ3v) is 2.76. The first kappa shape index (κ1) is 15.6. The van der Waals surface area contributed by atoms with Gasteiger partial charge in [-0.3, -0.25) is 4.79 Å². The quantitative estimate of drug-likeness (QED) is 0.476. The molecule has 6 nitrogen and oxygen atoms in total. The van der Waals surface area contributed by atoms with Crippen LogP contribution in [0.4, 0.5) is 0 Å². The zero-order chi connectivity index (χ0) is 15.4. The number of nitrogens with one attached hydrogen (secondary N) is 1. The molecule has 1 aromatic rings. The van der Waals surface area contributed by atoms with Crippen LogP contribution in [0.15, 0.2) is 29.8 Å². The highest BCUT2D eigenvalue weighted by molar-refractivity contribution is 6.02. The van der Waals surface area contributed by atoms with E-state index in [0.29, 0.717) is 11.1 Å². The summed E-state index contributed by atoms with van der Waals surface area (Å²) in [6, 6.07) is 4.17. The fourth-order valence-corrected chi connectivity index (χ4v) is 1.80. The van der Waals surface area contributed by atoms with Crippen molar-refractivity contribution < 1.29 is 19.8 Å². The molecule has 0 radical (unpaired) electrons. The van der Waals surface area contributed by atoms with Crippen molar-refractivity contribution in [3.05, 3.63) is 46.5 Å². The van der Waals surface area contributed by atoms with Gasteiger partial charge in [-0.1, -0.05) is 6.07 Å². The Labute approximate surface area is 116 Å². The monoisotopic (exact) mass is 276 g/mol. The Morgan fingerprint density at radius 1 is 1.40 bits per heavy atom. The molecule has 0 aliphatic carbocycles. The minimum atomic E-state index is -1.30. The molecule has 0 bridgehead atoms. The number of carbonyl (C=O) groups is 2. The number of benzene rings is 1. The second-order valence-corrected chi connectivity index (χ2v) is 4.43. The van der Waals surface area contributed by atoms with Gasteiger partial charge < -0.3 is 21.4 Å². The van der Waals surface area contributed by atoms with Crippen LogP contribution >= 0.6 is 0 Å². The van der Waals surface area contributed by atoms with E-state index < -0.39 is 18.0 Å². The lowest BCUT2D eigenvalue weighted by Gasteiger charge is -2.15. The number of carboxylic acids is 1. The van der Waals surface area contributed by atoms with Crippen LogP contribution in [0, 0.1) is 12.3 Å². The molecule has 5 N–H and O–H groups in total. The van der Waals surface area contributed by atoms with Gasteiger partial charge in [-0.25, -0.2) is 4.79 Å². The van der Waals surface area contributed by atoms with Gasteiger partial charge in [0.1, 0.15) is 6.10 Å². The van der Waals surface area contributed by atoms with Crippen molar-refractivity contribution in [2.45, 2.75) is 20.0 Å². The minimum Gasteiger partial charge on any atom is -0.478 e. The Kier molecular flexibility index (Phi) is 4.77. The normalized spacial score (nSPS) is 12.8. The maximum atomic E-state index is 11.3. The van der Waals surface area contributed by atoms with E-state index in [1.54, 1.807) is 6.92 Å². The highest BCUT2D eigenvalue weighted by atomic mass is 16.4. The van der Waals surface area contributed by atoms with E-state index in [1.165, 1.54) is 31.2 Å². The van der Waals surface area contributed by atoms with E-state index in [4.69, 9.17) is 16.2 Å². The number of hydrogen-bond donors (Lipinski definition) is 4. The van der Waals surface area contributed by atoms with Gasteiger partial charge in [-0.15, -0.1) is 0 Å². The van der Waals surface area contributed by atoms with Crippen molar-refractivity contribution in [1.82, 2.24) is 0 Å². The summed E-state index contributed by atoms with van der Waals surface area (Å²) in [7, 11) is 0. The molecule has 0 aliphatic rings. The lowest BCUT2D eigenvalue weighted by Crippen LogP contribution is -2.21. The van der Waals surface area contributed by atoms with E-state index in [0.717, 1.165) is 0 Å². The van der Waals surface area contributed by atoms with E-state index in [-0.39, 0.29) is 16.8 Å². The second kappa shape index (κ2) is 6.12. The molecule has 0 spiro atoms. The topological polar surface area (TPSA) is 124 Å². The summed E-state index contributed by atoms with van der Waals surface area (Å²) in [5.74, 6) is -1.90. The number of carboxylic acid groups (broad SMARTS) is 1. The van der Waals surface area contributed by atoms with Gasteiger partial charge >= 0.3 is 5.97 Å². The largest absolute Gasteiger partial charge is 0.478 e. The Balaban J connectivity index is 3.26. The van der Waals surface area contributed by atoms with Crippen LogP contribution in [0.25, 0.3) is 0 Å². The lowest BCUT2D eigenvalue weighted by atomic mass is 9.94. The van der Waals surface area contributed by atoms with Gasteiger partial charge in [0, 0.05) is 5.71 Å². The van der Waals surface area contributed by atoms with Gasteiger partial charge in [0.25, 0.3) is 0 Å². The molecular weight excluding hydrogens is 260 g/mol. The maximum Gasteiger partial charge on any atom is 0.335 e. The maximum absolute atomic E-state index is 11.3. The highest BCUT2D eigenvalue weighted by Gasteiger charge is 2.20. The van der Waals surface area contributed by atoms with Gasteiger partial charge in [-0.05, 0) is 43.2 Å². The molecule has 1 atom stereocenters. The van der Waals surface area contributed by atoms with E-state index >= 15 is 0 Å². The Morgan fingerprint density at radius 3 is 2.40 bits per heavy atom. The number of hydrogen-bond acceptors (Lipinski definition) is 4. The minimum absolute atomic E-state index is 0.0812. The number of aliphatic hydroxyl groups excluding tert-OH is 1. The molecule has 1 rings (SSSR count). The van der Waals surface area contributed by atoms with E-state index in [9.17, 15) is 14.7 Å². The predicted octanol–water partition coefficient (Wildman–Crippen LogP) is 1.18. The van der Waals surface area contributed by atoms with Crippen LogP contribution in [0.5, 0.6) is 0 Å². The first-order chi connectivity index (χ1) is 9.23. The third kappa shape index (κ3) is 3.52. The fourth-order valence-electron chi connectivity index (χ4n) is 1.80. The Bertz CT molecular complexity index is 605. The number of allylic oxidation sites excluding steroid dienone is 1. The standard InChI is InChI=1S/C14H16N2O4/c1-7-5-9(14(19)20)3-4-10(7)12(17)11(13(16)18)6-8(2)15/h3-6,12,15,17H,1-2H3,(H2,16,18)(H,19,20)/b11-6-,15-8?. The molecule has 0 aromatic heterocycles. The molecule has 1 unspecified atom stereocenters. The number of primary amides is 1. The molecular formula is C14H16N2O4. The Hall–Kier alpha value is -2.47. The van der Waals surface area contributed by atoms with Crippen LogP contribution in [-0.4, -0.2) is 27.8 Å². The Morgan fingerprint density at radius 2 is 2.00 bits per heavy atom. The summed E-state index contributed by atoms with van der Waals surface area (Å²) in [4.78, 5) is 22.2. The van der Waals surface area contributed by atoms with Gasteiger partial charge in [0.05, 0.1) is 11.1 Å². The summed E-state index contributed by atoms with van der Waals surface area (Å²) in [5.41, 5.74) is 6.15. The summed E-state index contributed by atoms with van der Waals surface area (Å²) >= 11 is 0. The summed E-state index contributed by atoms with van der Waals surface area (Å²) in [6.07, 6.45) is -0.104. The van der Waals surface area contributed by atoms with Crippen molar-refractivity contribution in [2.24, 2.45) is 5.73 Å². The van der Waals surface area contributed by atoms with Crippen molar-refractivity contribution in [1.29, 1.82) is 5.41 Å². The smallest absolute Gasteiger partial charge is 0.335 e. The molecule has 1 amide bonds. The van der Waals surface area contributed by atoms with Crippen molar-refractivity contribution in [3.8, 4) is 0 Å². The summed E-state index contributed by atoms with van der Waals surface area (Å²) in [5, 5.41) is 26.4. The predicted molar refractivity (Wildman–Crippen MR) is 73.8 cm³/mol. The SMILES string of the molecule is CC(=N)/C=C(\C(N)=O)C(O)c1ccc(C(=O)O)cc1C. The first-order valence-electron chi connectivity index (χ1n) is 5.82. The number of rotatable bonds is 5. The zero-order valence-corrected chi connectivity index (χ0v) is 11.2. The summed E-state index contributed by atoms with van der Waals surface area (Å²) in [6.45, 7) is 3.08. The molecule has 6 heteroatoms. The molecule has 0 fully saturated rings. The molecule has 1 aromatic carbocycles. The number of aliphatic hydroxyl groups is 1. The number of aromatic carboxylic acids is 1. The lowest BCUT2D eigenvalue weighted by molar-refractivity contribution is -0.115. The number of aryl methyl sites for hydroxylation is 1. The average Bonchev–Trinajstić information content (AvgIpc) is 2.34. The molecule has 0 saturated carbocycles.